The fourth-order valence-electron chi connectivity index (χ4n) is 2.39. The minimum atomic E-state index is 0.536. The third-order valence-electron chi connectivity index (χ3n) is 3.48. The van der Waals surface area contributed by atoms with Crippen molar-refractivity contribution in [3.63, 3.8) is 0 Å². The molecule has 1 saturated heterocycles. The molecular formula is C14H14N4O3. The zero-order chi connectivity index (χ0) is 14.2. The number of furan rings is 1. The van der Waals surface area contributed by atoms with Gasteiger partial charge in [0.15, 0.2) is 5.58 Å². The molecule has 1 fully saturated rings. The van der Waals surface area contributed by atoms with Gasteiger partial charge in [-0.3, -0.25) is 0 Å². The molecular weight excluding hydrogens is 272 g/mol. The Morgan fingerprint density at radius 3 is 2.81 bits per heavy atom. The van der Waals surface area contributed by atoms with Gasteiger partial charge in [0.2, 0.25) is 5.65 Å². The first kappa shape index (κ1) is 12.2. The van der Waals surface area contributed by atoms with E-state index in [2.05, 4.69) is 9.97 Å². The van der Waals surface area contributed by atoms with Crippen LogP contribution >= 0.6 is 0 Å². The fraction of sp³-hybridized carbons (Fsp3) is 0.286. The summed E-state index contributed by atoms with van der Waals surface area (Å²) in [7, 11) is 0. The minimum absolute atomic E-state index is 0.536. The van der Waals surface area contributed by atoms with E-state index in [1.165, 1.54) is 0 Å². The van der Waals surface area contributed by atoms with Gasteiger partial charge in [0.25, 0.3) is 6.01 Å². The van der Waals surface area contributed by atoms with Crippen molar-refractivity contribution in [2.75, 3.05) is 36.9 Å². The SMILES string of the molecule is Nc1cc2oc(N3CCOCC3)nc2nc1-c1ccoc1. The first-order valence-electron chi connectivity index (χ1n) is 6.73. The predicted octanol–water partition coefficient (Wildman–Crippen LogP) is 1.90. The number of hydrogen-bond donors (Lipinski definition) is 1. The van der Waals surface area contributed by atoms with Crippen molar-refractivity contribution < 1.29 is 13.6 Å². The van der Waals surface area contributed by atoms with Crippen LogP contribution in [0.1, 0.15) is 0 Å². The summed E-state index contributed by atoms with van der Waals surface area (Å²) in [5, 5.41) is 0. The first-order chi connectivity index (χ1) is 10.3. The van der Waals surface area contributed by atoms with Crippen molar-refractivity contribution in [1.82, 2.24) is 9.97 Å². The van der Waals surface area contributed by atoms with Crippen LogP contribution in [-0.4, -0.2) is 36.3 Å². The highest BCUT2D eigenvalue weighted by Gasteiger charge is 2.19. The van der Waals surface area contributed by atoms with Gasteiger partial charge in [0, 0.05) is 24.7 Å². The zero-order valence-electron chi connectivity index (χ0n) is 11.3. The average molecular weight is 286 g/mol. The number of pyridine rings is 1. The maximum absolute atomic E-state index is 6.04. The number of fused-ring (bicyclic) bond motifs is 1. The van der Waals surface area contributed by atoms with Crippen LogP contribution in [0.3, 0.4) is 0 Å². The Kier molecular flexibility index (Phi) is 2.78. The van der Waals surface area contributed by atoms with Gasteiger partial charge in [-0.2, -0.15) is 4.98 Å². The van der Waals surface area contributed by atoms with Gasteiger partial charge in [0.1, 0.15) is 0 Å². The summed E-state index contributed by atoms with van der Waals surface area (Å²) in [6.07, 6.45) is 3.19. The Hall–Kier alpha value is -2.54. The van der Waals surface area contributed by atoms with Crippen LogP contribution in [0.2, 0.25) is 0 Å². The van der Waals surface area contributed by atoms with Gasteiger partial charge in [-0.05, 0) is 6.07 Å². The maximum atomic E-state index is 6.04. The van der Waals surface area contributed by atoms with Gasteiger partial charge in [0.05, 0.1) is 37.1 Å². The van der Waals surface area contributed by atoms with Gasteiger partial charge < -0.3 is 24.2 Å². The third-order valence-corrected chi connectivity index (χ3v) is 3.48. The summed E-state index contributed by atoms with van der Waals surface area (Å²) in [5.74, 6) is 0. The monoisotopic (exact) mass is 286 g/mol. The van der Waals surface area contributed by atoms with E-state index in [1.807, 2.05) is 11.0 Å². The summed E-state index contributed by atoms with van der Waals surface area (Å²) in [6.45, 7) is 2.87. The molecule has 0 aromatic carbocycles. The maximum Gasteiger partial charge on any atom is 0.300 e. The molecule has 0 radical (unpaired) electrons. The lowest BCUT2D eigenvalue weighted by molar-refractivity contribution is 0.120. The molecule has 7 nitrogen and oxygen atoms in total. The van der Waals surface area contributed by atoms with Crippen LogP contribution in [0.4, 0.5) is 11.7 Å². The third kappa shape index (κ3) is 2.11. The molecule has 7 heteroatoms. The first-order valence-corrected chi connectivity index (χ1v) is 6.73. The van der Waals surface area contributed by atoms with Gasteiger partial charge in [-0.15, -0.1) is 0 Å². The van der Waals surface area contributed by atoms with Crippen LogP contribution in [0.25, 0.3) is 22.5 Å². The molecule has 0 amide bonds. The van der Waals surface area contributed by atoms with Crippen LogP contribution < -0.4 is 10.6 Å². The van der Waals surface area contributed by atoms with E-state index in [0.717, 1.165) is 18.7 Å². The van der Waals surface area contributed by atoms with Crippen LogP contribution in [0.5, 0.6) is 0 Å². The van der Waals surface area contributed by atoms with Crippen molar-refractivity contribution >= 4 is 22.9 Å². The van der Waals surface area contributed by atoms with Crippen molar-refractivity contribution in [1.29, 1.82) is 0 Å². The van der Waals surface area contributed by atoms with E-state index in [0.29, 0.717) is 41.8 Å². The molecule has 0 atom stereocenters. The number of ether oxygens (including phenoxy) is 1. The van der Waals surface area contributed by atoms with Crippen LogP contribution in [0, 0.1) is 0 Å². The van der Waals surface area contributed by atoms with Gasteiger partial charge >= 0.3 is 0 Å². The largest absolute Gasteiger partial charge is 0.472 e. The number of nitrogen functional groups attached to an aromatic ring is 1. The molecule has 0 unspecified atom stereocenters. The zero-order valence-corrected chi connectivity index (χ0v) is 11.3. The molecule has 21 heavy (non-hydrogen) atoms. The number of aromatic nitrogens is 2. The van der Waals surface area contributed by atoms with Crippen molar-refractivity contribution in [3.05, 3.63) is 24.7 Å². The smallest absolute Gasteiger partial charge is 0.300 e. The van der Waals surface area contributed by atoms with Crippen molar-refractivity contribution in [3.8, 4) is 11.3 Å². The van der Waals surface area contributed by atoms with E-state index in [4.69, 9.17) is 19.3 Å². The summed E-state index contributed by atoms with van der Waals surface area (Å²) in [4.78, 5) is 11.0. The Morgan fingerprint density at radius 1 is 1.19 bits per heavy atom. The lowest BCUT2D eigenvalue weighted by atomic mass is 10.2. The van der Waals surface area contributed by atoms with E-state index >= 15 is 0 Å². The minimum Gasteiger partial charge on any atom is -0.472 e. The summed E-state index contributed by atoms with van der Waals surface area (Å²) >= 11 is 0. The number of anilines is 2. The number of morpholine rings is 1. The lowest BCUT2D eigenvalue weighted by Crippen LogP contribution is -2.36. The molecule has 0 bridgehead atoms. The number of oxazole rings is 1. The number of hydrogen-bond acceptors (Lipinski definition) is 7. The van der Waals surface area contributed by atoms with E-state index in [-0.39, 0.29) is 0 Å². The van der Waals surface area contributed by atoms with Crippen molar-refractivity contribution in [2.45, 2.75) is 0 Å². The standard InChI is InChI=1S/C14H14N4O3/c15-10-7-11-13(16-12(10)9-1-4-20-8-9)17-14(21-11)18-2-5-19-6-3-18/h1,4,7-8H,2-3,5-6,15H2. The van der Waals surface area contributed by atoms with E-state index < -0.39 is 0 Å². The second-order valence-corrected chi connectivity index (χ2v) is 4.86. The number of nitrogens with two attached hydrogens (primary N) is 1. The molecule has 0 saturated carbocycles. The highest BCUT2D eigenvalue weighted by Crippen LogP contribution is 2.30. The molecule has 1 aliphatic heterocycles. The predicted molar refractivity (Wildman–Crippen MR) is 77.0 cm³/mol. The molecule has 1 aliphatic rings. The highest BCUT2D eigenvalue weighted by molar-refractivity contribution is 5.83. The average Bonchev–Trinajstić information content (AvgIpc) is 3.16. The Morgan fingerprint density at radius 2 is 2.05 bits per heavy atom. The highest BCUT2D eigenvalue weighted by atomic mass is 16.5. The lowest BCUT2D eigenvalue weighted by Gasteiger charge is -2.24. The topological polar surface area (TPSA) is 90.5 Å². The molecule has 108 valence electrons. The molecule has 4 rings (SSSR count). The van der Waals surface area contributed by atoms with Crippen molar-refractivity contribution in [2.24, 2.45) is 0 Å². The molecule has 0 spiro atoms. The quantitative estimate of drug-likeness (QED) is 0.769. The Balaban J connectivity index is 1.77. The Bertz CT molecular complexity index is 760. The molecule has 3 aromatic heterocycles. The molecule has 3 aromatic rings. The number of rotatable bonds is 2. The Labute approximate surface area is 120 Å². The van der Waals surface area contributed by atoms with E-state index in [9.17, 15) is 0 Å². The second-order valence-electron chi connectivity index (χ2n) is 4.86. The normalized spacial score (nSPS) is 15.7. The molecule has 0 aliphatic carbocycles. The summed E-state index contributed by atoms with van der Waals surface area (Å²) < 4.78 is 16.2. The van der Waals surface area contributed by atoms with Gasteiger partial charge in [-0.1, -0.05) is 0 Å². The van der Waals surface area contributed by atoms with Crippen LogP contribution in [-0.2, 0) is 4.74 Å². The molecule has 2 N–H and O–H groups in total. The fourth-order valence-corrected chi connectivity index (χ4v) is 2.39. The summed E-state index contributed by atoms with van der Waals surface area (Å²) in [6, 6.07) is 4.12. The van der Waals surface area contributed by atoms with E-state index in [1.54, 1.807) is 18.6 Å². The van der Waals surface area contributed by atoms with Crippen LogP contribution in [0.15, 0.2) is 33.5 Å². The number of nitrogens with zero attached hydrogens (tertiary/aromatic N) is 3. The summed E-state index contributed by atoms with van der Waals surface area (Å²) in [5.41, 5.74) is 9.18. The molecule has 4 heterocycles. The van der Waals surface area contributed by atoms with Gasteiger partial charge in [-0.25, -0.2) is 4.98 Å². The second kappa shape index (κ2) is 4.78.